The van der Waals surface area contributed by atoms with Gasteiger partial charge >= 0.3 is 5.69 Å². The number of benzene rings is 1. The summed E-state index contributed by atoms with van der Waals surface area (Å²) in [7, 11) is 3.42. The van der Waals surface area contributed by atoms with Crippen molar-refractivity contribution in [3.63, 3.8) is 0 Å². The zero-order valence-corrected chi connectivity index (χ0v) is 24.7. The fraction of sp³-hybridized carbons (Fsp3) is 0.613. The van der Waals surface area contributed by atoms with E-state index in [0.29, 0.717) is 63.1 Å². The molecule has 2 N–H and O–H groups in total. The van der Waals surface area contributed by atoms with Crippen molar-refractivity contribution >= 4 is 28.8 Å². The normalized spacial score (nSPS) is 26.2. The van der Waals surface area contributed by atoms with Gasteiger partial charge in [0.2, 0.25) is 11.8 Å². The molecule has 1 spiro atoms. The highest BCUT2D eigenvalue weighted by molar-refractivity contribution is 5.98. The number of rotatable bonds is 3. The fourth-order valence-corrected chi connectivity index (χ4v) is 6.58. The SMILES string of the molecule is CC(C)C[C@H]1NC(=O)C2(C/C=C/C[C@@H]3COCC[C@@H]3NC1=O)CCN(C(=O)c1ccc3c(c1)n(C)c(=O)n3C)CC2. The van der Waals surface area contributed by atoms with E-state index in [-0.39, 0.29) is 41.3 Å². The molecule has 1 aromatic carbocycles. The van der Waals surface area contributed by atoms with Crippen LogP contribution in [0.2, 0.25) is 0 Å². The van der Waals surface area contributed by atoms with Gasteiger partial charge in [0.15, 0.2) is 0 Å². The first-order valence-electron chi connectivity index (χ1n) is 14.9. The van der Waals surface area contributed by atoms with Crippen LogP contribution in [0.15, 0.2) is 35.1 Å². The van der Waals surface area contributed by atoms with Gasteiger partial charge in [0.05, 0.1) is 23.1 Å². The van der Waals surface area contributed by atoms with Crippen LogP contribution in [0.1, 0.15) is 62.7 Å². The Morgan fingerprint density at radius 1 is 1.05 bits per heavy atom. The number of nitrogens with zero attached hydrogens (tertiary/aromatic N) is 3. The molecule has 5 rings (SSSR count). The maximum Gasteiger partial charge on any atom is 0.328 e. The van der Waals surface area contributed by atoms with Gasteiger partial charge in [-0.3, -0.25) is 23.5 Å². The van der Waals surface area contributed by atoms with Gasteiger partial charge in [-0.2, -0.15) is 0 Å². The number of piperidine rings is 1. The minimum atomic E-state index is -0.697. The van der Waals surface area contributed by atoms with Crippen LogP contribution in [0.25, 0.3) is 11.0 Å². The summed E-state index contributed by atoms with van der Waals surface area (Å²) in [6.07, 6.45) is 7.92. The van der Waals surface area contributed by atoms with Crippen molar-refractivity contribution in [3.8, 4) is 0 Å². The second-order valence-electron chi connectivity index (χ2n) is 12.5. The van der Waals surface area contributed by atoms with Crippen LogP contribution in [0.4, 0.5) is 0 Å². The highest BCUT2D eigenvalue weighted by Gasteiger charge is 2.43. The molecule has 0 bridgehead atoms. The number of amides is 3. The van der Waals surface area contributed by atoms with Crippen molar-refractivity contribution in [2.45, 2.75) is 64.5 Å². The average Bonchev–Trinajstić information content (AvgIpc) is 3.18. The number of aromatic nitrogens is 2. The third kappa shape index (κ3) is 5.84. The molecule has 4 heterocycles. The quantitative estimate of drug-likeness (QED) is 0.555. The van der Waals surface area contributed by atoms with E-state index in [1.807, 2.05) is 6.07 Å². The van der Waals surface area contributed by atoms with Crippen molar-refractivity contribution in [2.75, 3.05) is 26.3 Å². The van der Waals surface area contributed by atoms with Gasteiger partial charge in [-0.05, 0) is 62.6 Å². The van der Waals surface area contributed by atoms with Crippen LogP contribution in [0.3, 0.4) is 0 Å². The van der Waals surface area contributed by atoms with Crippen molar-refractivity contribution in [2.24, 2.45) is 31.3 Å². The van der Waals surface area contributed by atoms with E-state index in [4.69, 9.17) is 4.74 Å². The number of allylic oxidation sites excluding steroid dienone is 2. The Morgan fingerprint density at radius 2 is 1.78 bits per heavy atom. The van der Waals surface area contributed by atoms with E-state index >= 15 is 0 Å². The molecule has 3 atom stereocenters. The smallest absolute Gasteiger partial charge is 0.328 e. The molecule has 10 nitrogen and oxygen atoms in total. The topological polar surface area (TPSA) is 115 Å². The van der Waals surface area contributed by atoms with Crippen molar-refractivity contribution in [1.29, 1.82) is 0 Å². The standard InChI is InChI=1S/C31H43N5O5/c1-20(2)17-24-27(37)32-23-10-16-41-19-22(23)7-5-6-11-31(29(39)33-24)12-14-36(15-13-31)28(38)21-8-9-25-26(18-21)35(4)30(40)34(25)3/h5-6,8-9,18,20,22-24H,7,10-17,19H2,1-4H3,(H,32,37)(H,33,39)/b6-5+/t22-,23+,24-/m1/s1. The fourth-order valence-electron chi connectivity index (χ4n) is 6.58. The van der Waals surface area contributed by atoms with Crippen LogP contribution < -0.4 is 16.3 Å². The highest BCUT2D eigenvalue weighted by Crippen LogP contribution is 2.37. The third-order valence-electron chi connectivity index (χ3n) is 9.25. The Hall–Kier alpha value is -3.40. The average molecular weight is 566 g/mol. The van der Waals surface area contributed by atoms with E-state index < -0.39 is 11.5 Å². The molecule has 222 valence electrons. The summed E-state index contributed by atoms with van der Waals surface area (Å²) in [6, 6.07) is 4.77. The molecule has 10 heteroatoms. The van der Waals surface area contributed by atoms with Crippen molar-refractivity contribution in [3.05, 3.63) is 46.4 Å². The van der Waals surface area contributed by atoms with Gasteiger partial charge in [0.1, 0.15) is 6.04 Å². The zero-order valence-electron chi connectivity index (χ0n) is 24.7. The van der Waals surface area contributed by atoms with Gasteiger partial charge in [-0.25, -0.2) is 4.79 Å². The molecule has 0 saturated carbocycles. The van der Waals surface area contributed by atoms with Gasteiger partial charge in [0.25, 0.3) is 5.91 Å². The third-order valence-corrected chi connectivity index (χ3v) is 9.25. The first-order valence-corrected chi connectivity index (χ1v) is 14.9. The molecule has 1 aromatic heterocycles. The highest BCUT2D eigenvalue weighted by atomic mass is 16.5. The maximum absolute atomic E-state index is 13.9. The molecule has 3 aliphatic rings. The second kappa shape index (κ2) is 11.8. The monoisotopic (exact) mass is 565 g/mol. The number of ether oxygens (including phenoxy) is 1. The van der Waals surface area contributed by atoms with Gasteiger partial charge in [-0.15, -0.1) is 0 Å². The number of carbonyl (C=O) groups excluding carboxylic acids is 3. The molecule has 2 fully saturated rings. The lowest BCUT2D eigenvalue weighted by atomic mass is 9.74. The lowest BCUT2D eigenvalue weighted by Gasteiger charge is -2.41. The van der Waals surface area contributed by atoms with Crippen LogP contribution in [-0.2, 0) is 28.4 Å². The molecule has 3 aliphatic heterocycles. The predicted molar refractivity (Wildman–Crippen MR) is 156 cm³/mol. The molecular formula is C31H43N5O5. The van der Waals surface area contributed by atoms with Crippen LogP contribution in [0.5, 0.6) is 0 Å². The number of likely N-dealkylation sites (tertiary alicyclic amines) is 1. The number of aryl methyl sites for hydroxylation is 2. The summed E-state index contributed by atoms with van der Waals surface area (Å²) in [6.45, 7) is 6.22. The Kier molecular flexibility index (Phi) is 8.40. The Bertz CT molecular complexity index is 1400. The minimum absolute atomic E-state index is 0.0348. The predicted octanol–water partition coefficient (Wildman–Crippen LogP) is 2.50. The van der Waals surface area contributed by atoms with Crippen LogP contribution >= 0.6 is 0 Å². The van der Waals surface area contributed by atoms with Crippen molar-refractivity contribution in [1.82, 2.24) is 24.7 Å². The largest absolute Gasteiger partial charge is 0.381 e. The zero-order chi connectivity index (χ0) is 29.3. The maximum atomic E-state index is 13.9. The summed E-state index contributed by atoms with van der Waals surface area (Å²) in [5.41, 5.74) is 1.17. The number of imidazole rings is 1. The van der Waals surface area contributed by atoms with Crippen LogP contribution in [-0.4, -0.2) is 70.1 Å². The molecule has 41 heavy (non-hydrogen) atoms. The molecule has 0 radical (unpaired) electrons. The molecule has 0 unspecified atom stereocenters. The summed E-state index contributed by atoms with van der Waals surface area (Å²) in [4.78, 5) is 55.0. The van der Waals surface area contributed by atoms with E-state index in [2.05, 4.69) is 36.6 Å². The lowest BCUT2D eigenvalue weighted by Crippen LogP contribution is -2.57. The van der Waals surface area contributed by atoms with E-state index in [9.17, 15) is 19.2 Å². The molecular weight excluding hydrogens is 522 g/mol. The summed E-state index contributed by atoms with van der Waals surface area (Å²) < 4.78 is 8.83. The summed E-state index contributed by atoms with van der Waals surface area (Å²) >= 11 is 0. The number of nitrogens with one attached hydrogen (secondary N) is 2. The van der Waals surface area contributed by atoms with Gasteiger partial charge < -0.3 is 20.3 Å². The minimum Gasteiger partial charge on any atom is -0.381 e. The Labute approximate surface area is 241 Å². The van der Waals surface area contributed by atoms with E-state index in [1.165, 1.54) is 0 Å². The summed E-state index contributed by atoms with van der Waals surface area (Å²) in [5.74, 6) is 0.0984. The molecule has 0 aliphatic carbocycles. The first kappa shape index (κ1) is 29.1. The van der Waals surface area contributed by atoms with Gasteiger partial charge in [-0.1, -0.05) is 26.0 Å². The lowest BCUT2D eigenvalue weighted by molar-refractivity contribution is -0.138. The number of carbonyl (C=O) groups is 3. The second-order valence-corrected chi connectivity index (χ2v) is 12.5. The Balaban J connectivity index is 1.35. The van der Waals surface area contributed by atoms with E-state index in [0.717, 1.165) is 18.4 Å². The molecule has 2 saturated heterocycles. The number of fused-ring (bicyclic) bond motifs is 2. The molecule has 2 aromatic rings. The van der Waals surface area contributed by atoms with Crippen molar-refractivity contribution < 1.29 is 19.1 Å². The van der Waals surface area contributed by atoms with Gasteiger partial charge in [0, 0.05) is 51.3 Å². The Morgan fingerprint density at radius 3 is 2.51 bits per heavy atom. The number of hydrogen-bond acceptors (Lipinski definition) is 5. The van der Waals surface area contributed by atoms with E-state index in [1.54, 1.807) is 40.3 Å². The first-order chi connectivity index (χ1) is 19.6. The molecule has 3 amide bonds. The summed E-state index contributed by atoms with van der Waals surface area (Å²) in [5, 5.41) is 6.35. The van der Waals surface area contributed by atoms with Crippen LogP contribution in [0, 0.1) is 17.3 Å². The number of hydrogen-bond donors (Lipinski definition) is 2.